The zero-order valence-electron chi connectivity index (χ0n) is 21.5. The number of nitrogens with one attached hydrogen (secondary N) is 5. The number of carbonyl (C=O) groups excluding carboxylic acids is 4. The minimum atomic E-state index is -1.08. The Kier molecular flexibility index (Phi) is 10.3. The number of nitrogens with zero attached hydrogens (tertiary/aromatic N) is 1. The molecule has 0 spiro atoms. The molecule has 3 aliphatic heterocycles. The van der Waals surface area contributed by atoms with Crippen molar-refractivity contribution >= 4 is 23.8 Å². The van der Waals surface area contributed by atoms with E-state index in [0.29, 0.717) is 39.0 Å². The Bertz CT molecular complexity index is 789. The molecule has 1 unspecified atom stereocenters. The third kappa shape index (κ3) is 8.04. The predicted octanol–water partition coefficient (Wildman–Crippen LogP) is -1.03. The van der Waals surface area contributed by atoms with Crippen molar-refractivity contribution in [2.24, 2.45) is 0 Å². The van der Waals surface area contributed by atoms with Gasteiger partial charge in [0, 0.05) is 44.4 Å². The van der Waals surface area contributed by atoms with Crippen molar-refractivity contribution in [2.45, 2.75) is 102 Å². The lowest BCUT2D eigenvalue weighted by atomic mass is 10.0. The molecule has 0 aromatic heterocycles. The number of fused-ring (bicyclic) bond motifs is 2. The Morgan fingerprint density at radius 2 is 1.83 bits per heavy atom. The highest BCUT2D eigenvalue weighted by Gasteiger charge is 2.40. The van der Waals surface area contributed by atoms with Gasteiger partial charge in [0.05, 0.1) is 24.6 Å². The van der Waals surface area contributed by atoms with Crippen LogP contribution < -0.4 is 26.6 Å². The zero-order valence-corrected chi connectivity index (χ0v) is 21.5. The van der Waals surface area contributed by atoms with E-state index in [-0.39, 0.29) is 42.9 Å². The molecule has 3 saturated heterocycles. The number of urea groups is 1. The molecule has 204 valence electrons. The summed E-state index contributed by atoms with van der Waals surface area (Å²) in [5, 5.41) is 25.4. The number of aliphatic hydroxyl groups excluding tert-OH is 1. The summed E-state index contributed by atoms with van der Waals surface area (Å²) in [5.74, 6) is -0.934. The van der Waals surface area contributed by atoms with Crippen LogP contribution in [0.15, 0.2) is 0 Å². The Morgan fingerprint density at radius 1 is 1.11 bits per heavy atom. The van der Waals surface area contributed by atoms with Gasteiger partial charge in [0.2, 0.25) is 17.7 Å². The molecule has 3 fully saturated rings. The number of amides is 5. The van der Waals surface area contributed by atoms with Crippen molar-refractivity contribution < 1.29 is 29.0 Å². The highest BCUT2D eigenvalue weighted by Crippen LogP contribution is 2.19. The second kappa shape index (κ2) is 13.2. The highest BCUT2D eigenvalue weighted by molar-refractivity contribution is 5.88. The summed E-state index contributed by atoms with van der Waals surface area (Å²) < 4.78 is 5.41. The molecule has 5 atom stereocenters. The van der Waals surface area contributed by atoms with Crippen LogP contribution in [0.5, 0.6) is 0 Å². The maximum absolute atomic E-state index is 13.0. The van der Waals surface area contributed by atoms with E-state index in [1.165, 1.54) is 4.90 Å². The number of aliphatic hydroxyl groups is 1. The molecule has 6 N–H and O–H groups in total. The fourth-order valence-corrected chi connectivity index (χ4v) is 4.89. The van der Waals surface area contributed by atoms with E-state index in [0.717, 1.165) is 12.8 Å². The number of hydrogen-bond donors (Lipinski definition) is 6. The number of rotatable bonds is 3. The Morgan fingerprint density at radius 3 is 2.53 bits per heavy atom. The minimum Gasteiger partial charge on any atom is -0.390 e. The normalized spacial score (nSPS) is 31.5. The summed E-state index contributed by atoms with van der Waals surface area (Å²) in [6.07, 6.45) is 1.65. The fraction of sp³-hybridized carbons (Fsp3) is 0.833. The van der Waals surface area contributed by atoms with Gasteiger partial charge in [0.25, 0.3) is 0 Å². The van der Waals surface area contributed by atoms with Crippen molar-refractivity contribution in [3.05, 3.63) is 0 Å². The summed E-state index contributed by atoms with van der Waals surface area (Å²) >= 11 is 0. The number of hydrogen-bond acceptors (Lipinski definition) is 7. The van der Waals surface area contributed by atoms with E-state index >= 15 is 0 Å². The lowest BCUT2D eigenvalue weighted by molar-refractivity contribution is -0.128. The summed E-state index contributed by atoms with van der Waals surface area (Å²) in [7, 11) is 0. The van der Waals surface area contributed by atoms with Crippen LogP contribution in [-0.4, -0.2) is 102 Å². The minimum absolute atomic E-state index is 0.0988. The average Bonchev–Trinajstić information content (AvgIpc) is 3.24. The topological polar surface area (TPSA) is 161 Å². The zero-order chi connectivity index (χ0) is 26.2. The maximum Gasteiger partial charge on any atom is 0.318 e. The van der Waals surface area contributed by atoms with Crippen molar-refractivity contribution in [1.82, 2.24) is 31.5 Å². The second-order valence-corrected chi connectivity index (χ2v) is 10.4. The van der Waals surface area contributed by atoms with Crippen LogP contribution in [0.1, 0.15) is 59.3 Å². The molecule has 0 saturated carbocycles. The first-order chi connectivity index (χ1) is 17.1. The van der Waals surface area contributed by atoms with Gasteiger partial charge < -0.3 is 41.3 Å². The fourth-order valence-electron chi connectivity index (χ4n) is 4.89. The molecule has 12 heteroatoms. The van der Waals surface area contributed by atoms with Crippen molar-refractivity contribution in [3.63, 3.8) is 0 Å². The predicted molar refractivity (Wildman–Crippen MR) is 132 cm³/mol. The quantitative estimate of drug-likeness (QED) is 0.283. The van der Waals surface area contributed by atoms with Gasteiger partial charge in [0.15, 0.2) is 0 Å². The average molecular weight is 511 g/mol. The summed E-state index contributed by atoms with van der Waals surface area (Å²) in [5.41, 5.74) is 0. The third-order valence-electron chi connectivity index (χ3n) is 6.93. The molecule has 36 heavy (non-hydrogen) atoms. The Hall–Kier alpha value is -2.44. The summed E-state index contributed by atoms with van der Waals surface area (Å²) in [6.45, 7) is 7.17. The first-order valence-electron chi connectivity index (χ1n) is 13.1. The molecule has 3 rings (SSSR count). The summed E-state index contributed by atoms with van der Waals surface area (Å²) in [4.78, 5) is 52.9. The van der Waals surface area contributed by atoms with E-state index < -0.39 is 36.2 Å². The highest BCUT2D eigenvalue weighted by atomic mass is 16.5. The molecular weight excluding hydrogens is 468 g/mol. The number of likely N-dealkylation sites (tertiary alicyclic amines) is 1. The van der Waals surface area contributed by atoms with E-state index in [2.05, 4.69) is 26.6 Å². The lowest BCUT2D eigenvalue weighted by Crippen LogP contribution is -2.54. The van der Waals surface area contributed by atoms with Crippen LogP contribution in [0.25, 0.3) is 0 Å². The molecule has 2 bridgehead atoms. The summed E-state index contributed by atoms with van der Waals surface area (Å²) in [6, 6.07) is -2.58. The van der Waals surface area contributed by atoms with Crippen LogP contribution in [0, 0.1) is 0 Å². The molecule has 0 aromatic carbocycles. The van der Waals surface area contributed by atoms with Gasteiger partial charge in [-0.15, -0.1) is 0 Å². The first kappa shape index (κ1) is 28.1. The smallest absolute Gasteiger partial charge is 0.318 e. The van der Waals surface area contributed by atoms with Crippen molar-refractivity contribution in [3.8, 4) is 0 Å². The van der Waals surface area contributed by atoms with Gasteiger partial charge in [-0.1, -0.05) is 0 Å². The largest absolute Gasteiger partial charge is 0.390 e. The Labute approximate surface area is 212 Å². The lowest BCUT2D eigenvalue weighted by Gasteiger charge is -2.30. The van der Waals surface area contributed by atoms with Gasteiger partial charge in [-0.25, -0.2) is 4.79 Å². The SMILES string of the molecule is CC(C)NC(=O)N1C[C@@H]2C[C@H]1C(=O)NCCCC(NC1CCOCC1)C(=O)N[C@@H](C)[C@@H](O)CC(=O)N2. The molecule has 3 heterocycles. The Balaban J connectivity index is 1.72. The molecule has 12 nitrogen and oxygen atoms in total. The van der Waals surface area contributed by atoms with E-state index in [4.69, 9.17) is 4.74 Å². The molecule has 3 aliphatic rings. The van der Waals surface area contributed by atoms with Crippen LogP contribution in [-0.2, 0) is 19.1 Å². The number of carbonyl (C=O) groups is 4. The van der Waals surface area contributed by atoms with Gasteiger partial charge in [-0.05, 0) is 52.9 Å². The first-order valence-corrected chi connectivity index (χ1v) is 13.1. The third-order valence-corrected chi connectivity index (χ3v) is 6.93. The van der Waals surface area contributed by atoms with Crippen molar-refractivity contribution in [1.29, 1.82) is 0 Å². The van der Waals surface area contributed by atoms with E-state index in [1.807, 2.05) is 13.8 Å². The standard InChI is InChI=1S/C24H42N6O6/c1-14(2)26-24(35)30-13-17-11-19(30)23(34)25-8-4-5-18(28-16-6-9-36-10-7-16)22(33)27-15(3)20(31)12-21(32)29-17/h14-20,28,31H,4-13H2,1-3H3,(H,25,34)(H,26,35)(H,27,33)(H,29,32)/t15-,17-,18?,19-,20-/m0/s1. The van der Waals surface area contributed by atoms with Gasteiger partial charge in [0.1, 0.15) is 6.04 Å². The van der Waals surface area contributed by atoms with Crippen LogP contribution >= 0.6 is 0 Å². The van der Waals surface area contributed by atoms with E-state index in [1.54, 1.807) is 6.92 Å². The second-order valence-electron chi connectivity index (χ2n) is 10.4. The van der Waals surface area contributed by atoms with Crippen LogP contribution in [0.4, 0.5) is 4.79 Å². The van der Waals surface area contributed by atoms with Crippen LogP contribution in [0.2, 0.25) is 0 Å². The molecular formula is C24H42N6O6. The molecule has 0 radical (unpaired) electrons. The molecule has 0 aliphatic carbocycles. The maximum atomic E-state index is 13.0. The van der Waals surface area contributed by atoms with Gasteiger partial charge >= 0.3 is 6.03 Å². The molecule has 0 aromatic rings. The molecule has 5 amide bonds. The number of ether oxygens (including phenoxy) is 1. The van der Waals surface area contributed by atoms with E-state index in [9.17, 15) is 24.3 Å². The van der Waals surface area contributed by atoms with Crippen LogP contribution in [0.3, 0.4) is 0 Å². The van der Waals surface area contributed by atoms with Gasteiger partial charge in [-0.2, -0.15) is 0 Å². The monoisotopic (exact) mass is 510 g/mol. The van der Waals surface area contributed by atoms with Crippen molar-refractivity contribution in [2.75, 3.05) is 26.3 Å². The van der Waals surface area contributed by atoms with Gasteiger partial charge in [-0.3, -0.25) is 14.4 Å².